The molecule has 37 heavy (non-hydrogen) atoms. The van der Waals surface area contributed by atoms with Crippen LogP contribution in [0.15, 0.2) is 47.8 Å². The van der Waals surface area contributed by atoms with E-state index in [1.165, 1.54) is 4.90 Å². The molecule has 1 aromatic heterocycles. The van der Waals surface area contributed by atoms with Crippen molar-refractivity contribution < 1.29 is 24.2 Å². The van der Waals surface area contributed by atoms with Gasteiger partial charge in [0.25, 0.3) is 0 Å². The molecule has 3 rings (SSSR count). The molecule has 1 aromatic carbocycles. The molecule has 0 spiro atoms. The summed E-state index contributed by atoms with van der Waals surface area (Å²) in [5, 5.41) is 14.4. The van der Waals surface area contributed by atoms with Gasteiger partial charge < -0.3 is 25.0 Å². The lowest BCUT2D eigenvalue weighted by molar-refractivity contribution is -0.134. The van der Waals surface area contributed by atoms with Crippen molar-refractivity contribution in [1.82, 2.24) is 15.1 Å². The minimum Gasteiger partial charge on any atom is -0.465 e. The first kappa shape index (κ1) is 28.5. The Morgan fingerprint density at radius 2 is 1.78 bits per heavy atom. The maximum atomic E-state index is 13.7. The van der Waals surface area contributed by atoms with E-state index in [2.05, 4.69) is 5.32 Å². The van der Waals surface area contributed by atoms with Crippen LogP contribution in [0.3, 0.4) is 0 Å². The van der Waals surface area contributed by atoms with E-state index in [-0.39, 0.29) is 5.91 Å². The minimum atomic E-state index is -0.977. The Morgan fingerprint density at radius 1 is 1.05 bits per heavy atom. The van der Waals surface area contributed by atoms with Crippen molar-refractivity contribution in [2.45, 2.75) is 77.6 Å². The average molecular weight is 530 g/mol. The highest BCUT2D eigenvalue weighted by Crippen LogP contribution is 2.31. The summed E-state index contributed by atoms with van der Waals surface area (Å²) in [6.45, 7) is 7.20. The van der Waals surface area contributed by atoms with Gasteiger partial charge in [0.1, 0.15) is 11.6 Å². The molecule has 0 aliphatic heterocycles. The normalized spacial score (nSPS) is 14.0. The zero-order valence-electron chi connectivity index (χ0n) is 22.0. The molecule has 1 fully saturated rings. The first-order valence-corrected chi connectivity index (χ1v) is 13.8. The van der Waals surface area contributed by atoms with Crippen molar-refractivity contribution in [3.8, 4) is 0 Å². The molecule has 3 amide bonds. The zero-order chi connectivity index (χ0) is 26.8. The molecule has 0 saturated heterocycles. The van der Waals surface area contributed by atoms with E-state index in [1.807, 2.05) is 52.7 Å². The summed E-state index contributed by atoms with van der Waals surface area (Å²) in [4.78, 5) is 42.4. The second-order valence-electron chi connectivity index (χ2n) is 10.6. The first-order chi connectivity index (χ1) is 17.6. The van der Waals surface area contributed by atoms with Gasteiger partial charge in [0.15, 0.2) is 0 Å². The highest BCUT2D eigenvalue weighted by atomic mass is 32.1. The number of carbonyl (C=O) groups is 3. The van der Waals surface area contributed by atoms with E-state index in [1.54, 1.807) is 32.1 Å². The number of ether oxygens (including phenoxy) is 1. The van der Waals surface area contributed by atoms with E-state index >= 15 is 0 Å². The predicted molar refractivity (Wildman–Crippen MR) is 144 cm³/mol. The van der Waals surface area contributed by atoms with Crippen LogP contribution < -0.4 is 5.32 Å². The van der Waals surface area contributed by atoms with Gasteiger partial charge in [-0.2, -0.15) is 0 Å². The molecule has 1 heterocycles. The maximum absolute atomic E-state index is 13.7. The van der Waals surface area contributed by atoms with Crippen LogP contribution in [0.25, 0.3) is 0 Å². The molecule has 0 radical (unpaired) electrons. The summed E-state index contributed by atoms with van der Waals surface area (Å²) >= 11 is 1.61. The fourth-order valence-electron chi connectivity index (χ4n) is 4.06. The predicted octanol–water partition coefficient (Wildman–Crippen LogP) is 5.73. The van der Waals surface area contributed by atoms with Gasteiger partial charge in [-0.1, -0.05) is 36.4 Å². The van der Waals surface area contributed by atoms with Gasteiger partial charge >= 0.3 is 12.2 Å². The van der Waals surface area contributed by atoms with Gasteiger partial charge in [-0.25, -0.2) is 9.59 Å². The topological polar surface area (TPSA) is 99.2 Å². The highest BCUT2D eigenvalue weighted by molar-refractivity contribution is 7.09. The number of hydrogen-bond donors (Lipinski definition) is 2. The number of rotatable bonds is 13. The summed E-state index contributed by atoms with van der Waals surface area (Å²) in [5.41, 5.74) is 0.246. The minimum absolute atomic E-state index is 0.120. The van der Waals surface area contributed by atoms with E-state index < -0.39 is 23.8 Å². The SMILES string of the molecule is CC(C)(C)OC(=O)NC(CCCCN(Cc1ccccc1)C(=O)O)C(=O)N(Cc1cccs1)CC1CC1. The standard InChI is InChI=1S/C28H39N3O5S/c1-28(2,3)36-26(33)29-24(25(32)31(19-22-14-15-22)20-23-12-9-17-37-23)13-7-8-16-30(27(34)35)18-21-10-5-4-6-11-21/h4-6,9-12,17,22,24H,7-8,13-16,18-20H2,1-3H3,(H,29,33)(H,34,35). The Hall–Kier alpha value is -3.07. The Bertz CT molecular complexity index is 1000. The molecule has 1 atom stereocenters. The van der Waals surface area contributed by atoms with E-state index in [9.17, 15) is 19.5 Å². The van der Waals surface area contributed by atoms with E-state index in [0.717, 1.165) is 23.3 Å². The number of carboxylic acid groups (broad SMARTS) is 1. The van der Waals surface area contributed by atoms with Crippen molar-refractivity contribution in [3.05, 3.63) is 58.3 Å². The van der Waals surface area contributed by atoms with Gasteiger partial charge in [-0.05, 0) is 75.8 Å². The number of alkyl carbamates (subject to hydrolysis) is 1. The highest BCUT2D eigenvalue weighted by Gasteiger charge is 2.32. The summed E-state index contributed by atoms with van der Waals surface area (Å²) in [7, 11) is 0. The van der Waals surface area contributed by atoms with Crippen LogP contribution in [0, 0.1) is 5.92 Å². The molecule has 9 heteroatoms. The molecule has 1 unspecified atom stereocenters. The molecule has 0 bridgehead atoms. The fraction of sp³-hybridized carbons (Fsp3) is 0.536. The number of hydrogen-bond acceptors (Lipinski definition) is 5. The Labute approximate surface area is 223 Å². The number of benzene rings is 1. The second-order valence-corrected chi connectivity index (χ2v) is 11.7. The Kier molecular flexibility index (Phi) is 10.4. The third-order valence-corrected chi connectivity index (χ3v) is 6.92. The number of amides is 3. The summed E-state index contributed by atoms with van der Waals surface area (Å²) in [6.07, 6.45) is 2.20. The van der Waals surface area contributed by atoms with E-state index in [4.69, 9.17) is 4.74 Å². The molecule has 1 saturated carbocycles. The lowest BCUT2D eigenvalue weighted by Gasteiger charge is -2.29. The van der Waals surface area contributed by atoms with Gasteiger partial charge in [-0.3, -0.25) is 4.79 Å². The second kappa shape index (κ2) is 13.5. The number of thiophene rings is 1. The summed E-state index contributed by atoms with van der Waals surface area (Å²) in [5.74, 6) is 0.388. The Balaban J connectivity index is 1.62. The van der Waals surface area contributed by atoms with Gasteiger partial charge in [0.05, 0.1) is 6.54 Å². The van der Waals surface area contributed by atoms with Gasteiger partial charge in [-0.15, -0.1) is 11.3 Å². The third-order valence-electron chi connectivity index (χ3n) is 6.06. The van der Waals surface area contributed by atoms with Crippen LogP contribution in [-0.2, 0) is 22.6 Å². The summed E-state index contributed by atoms with van der Waals surface area (Å²) in [6, 6.07) is 12.7. The zero-order valence-corrected chi connectivity index (χ0v) is 22.8. The monoisotopic (exact) mass is 529 g/mol. The van der Waals surface area contributed by atoms with Crippen molar-refractivity contribution in [3.63, 3.8) is 0 Å². The van der Waals surface area contributed by atoms with Crippen LogP contribution in [0.4, 0.5) is 9.59 Å². The molecule has 8 nitrogen and oxygen atoms in total. The fourth-order valence-corrected chi connectivity index (χ4v) is 4.78. The number of unbranched alkanes of at least 4 members (excludes halogenated alkanes) is 1. The lowest BCUT2D eigenvalue weighted by atomic mass is 10.1. The first-order valence-electron chi connectivity index (χ1n) is 12.9. The lowest BCUT2D eigenvalue weighted by Crippen LogP contribution is -2.50. The van der Waals surface area contributed by atoms with E-state index in [0.29, 0.717) is 51.4 Å². The third kappa shape index (κ3) is 10.4. The van der Waals surface area contributed by atoms with Gasteiger partial charge in [0, 0.05) is 24.5 Å². The maximum Gasteiger partial charge on any atom is 0.408 e. The molecular weight excluding hydrogens is 490 g/mol. The van der Waals surface area contributed by atoms with Crippen molar-refractivity contribution in [2.24, 2.45) is 5.92 Å². The number of carbonyl (C=O) groups excluding carboxylic acids is 2. The summed E-state index contributed by atoms with van der Waals surface area (Å²) < 4.78 is 5.44. The van der Waals surface area contributed by atoms with Crippen molar-refractivity contribution in [1.29, 1.82) is 0 Å². The molecular formula is C28H39N3O5S. The molecule has 2 N–H and O–H groups in total. The van der Waals surface area contributed by atoms with Crippen LogP contribution in [0.1, 0.15) is 63.3 Å². The van der Waals surface area contributed by atoms with Crippen LogP contribution in [0.2, 0.25) is 0 Å². The van der Waals surface area contributed by atoms with Crippen LogP contribution >= 0.6 is 11.3 Å². The van der Waals surface area contributed by atoms with Crippen LogP contribution in [0.5, 0.6) is 0 Å². The molecule has 1 aliphatic rings. The molecule has 2 aromatic rings. The van der Waals surface area contributed by atoms with Gasteiger partial charge in [0.2, 0.25) is 5.91 Å². The Morgan fingerprint density at radius 3 is 2.38 bits per heavy atom. The molecule has 202 valence electrons. The molecule has 1 aliphatic carbocycles. The number of nitrogens with zero attached hydrogens (tertiary/aromatic N) is 2. The average Bonchev–Trinajstić information content (AvgIpc) is 3.50. The van der Waals surface area contributed by atoms with Crippen molar-refractivity contribution in [2.75, 3.05) is 13.1 Å². The smallest absolute Gasteiger partial charge is 0.408 e. The quantitative estimate of drug-likeness (QED) is 0.323. The number of nitrogens with one attached hydrogen (secondary N) is 1. The largest absolute Gasteiger partial charge is 0.465 e. The van der Waals surface area contributed by atoms with Crippen molar-refractivity contribution >= 4 is 29.4 Å². The van der Waals surface area contributed by atoms with Crippen LogP contribution in [-0.4, -0.2) is 57.7 Å².